The van der Waals surface area contributed by atoms with Gasteiger partial charge in [-0.1, -0.05) is 19.8 Å². The van der Waals surface area contributed by atoms with E-state index in [0.29, 0.717) is 0 Å². The molecule has 82 valence electrons. The van der Waals surface area contributed by atoms with E-state index in [0.717, 1.165) is 25.7 Å². The Kier molecular flexibility index (Phi) is 6.26. The zero-order valence-electron chi connectivity index (χ0n) is 8.61. The molecule has 6 nitrogen and oxygen atoms in total. The molecule has 0 spiro atoms. The lowest BCUT2D eigenvalue weighted by Crippen LogP contribution is -2.28. The molecule has 0 bridgehead atoms. The summed E-state index contributed by atoms with van der Waals surface area (Å²) in [5.74, 6) is 0.0213. The van der Waals surface area contributed by atoms with Crippen molar-refractivity contribution in [1.29, 1.82) is 0 Å². The molecule has 0 aliphatic rings. The Bertz CT molecular complexity index is 184. The molecule has 0 saturated carbocycles. The second-order valence-electron chi connectivity index (χ2n) is 3.08. The maximum Gasteiger partial charge on any atom is 0.188 e. The molecule has 0 aliphatic carbocycles. The van der Waals surface area contributed by atoms with Crippen LogP contribution in [0.2, 0.25) is 0 Å². The molecule has 0 saturated heterocycles. The molecule has 0 heterocycles. The molecular formula is C8H20N6. The van der Waals surface area contributed by atoms with Gasteiger partial charge in [-0.3, -0.25) is 0 Å². The van der Waals surface area contributed by atoms with Gasteiger partial charge in [-0.25, -0.2) is 9.98 Å². The van der Waals surface area contributed by atoms with Crippen LogP contribution in [0.25, 0.3) is 0 Å². The fraction of sp³-hybridized carbons (Fsp3) is 0.750. The molecule has 0 amide bonds. The van der Waals surface area contributed by atoms with E-state index in [1.165, 1.54) is 0 Å². The molecule has 6 heteroatoms. The minimum absolute atomic E-state index is 0.0106. The second kappa shape index (κ2) is 6.99. The zero-order valence-corrected chi connectivity index (χ0v) is 8.61. The van der Waals surface area contributed by atoms with Crippen LogP contribution in [0.1, 0.15) is 32.6 Å². The molecule has 0 fully saturated rings. The predicted molar refractivity (Wildman–Crippen MR) is 59.5 cm³/mol. The first-order chi connectivity index (χ1) is 6.56. The SMILES string of the molecule is CCCCCC(N=C(N)N)N=C(N)N. The summed E-state index contributed by atoms with van der Waals surface area (Å²) in [6.45, 7) is 2.12. The Hall–Kier alpha value is -1.46. The standard InChI is InChI=1S/C8H20N6/c1-2-3-4-5-6(13-7(9)10)14-8(11)12/h6H,2-5H2,1H3,(H4,9,10,13)(H4,11,12,14). The van der Waals surface area contributed by atoms with E-state index in [2.05, 4.69) is 16.9 Å². The summed E-state index contributed by atoms with van der Waals surface area (Å²) < 4.78 is 0. The molecule has 0 rings (SSSR count). The van der Waals surface area contributed by atoms with E-state index in [1.807, 2.05) is 0 Å². The van der Waals surface area contributed by atoms with Gasteiger partial charge < -0.3 is 22.9 Å². The predicted octanol–water partition coefficient (Wildman–Crippen LogP) is -0.560. The molecule has 0 aromatic heterocycles. The minimum atomic E-state index is -0.337. The summed E-state index contributed by atoms with van der Waals surface area (Å²) in [6.07, 6.45) is 3.70. The van der Waals surface area contributed by atoms with Crippen LogP contribution in [0.5, 0.6) is 0 Å². The highest BCUT2D eigenvalue weighted by Crippen LogP contribution is 2.07. The average Bonchev–Trinajstić information content (AvgIpc) is 2.02. The summed E-state index contributed by atoms with van der Waals surface area (Å²) >= 11 is 0. The van der Waals surface area contributed by atoms with Gasteiger partial charge in [-0.15, -0.1) is 0 Å². The normalized spacial score (nSPS) is 9.86. The largest absolute Gasteiger partial charge is 0.370 e. The van der Waals surface area contributed by atoms with Gasteiger partial charge in [0, 0.05) is 0 Å². The molecule has 0 radical (unpaired) electrons. The molecule has 8 N–H and O–H groups in total. The van der Waals surface area contributed by atoms with Gasteiger partial charge >= 0.3 is 0 Å². The van der Waals surface area contributed by atoms with Crippen molar-refractivity contribution in [3.63, 3.8) is 0 Å². The van der Waals surface area contributed by atoms with Crippen molar-refractivity contribution in [2.24, 2.45) is 32.9 Å². The molecule has 0 aliphatic heterocycles. The summed E-state index contributed by atoms with van der Waals surface area (Å²) in [7, 11) is 0. The van der Waals surface area contributed by atoms with E-state index in [4.69, 9.17) is 22.9 Å². The molecule has 0 atom stereocenters. The summed E-state index contributed by atoms with van der Waals surface area (Å²) in [6, 6.07) is 0. The van der Waals surface area contributed by atoms with Crippen molar-refractivity contribution < 1.29 is 0 Å². The Morgan fingerprint density at radius 1 is 1.00 bits per heavy atom. The number of hydrogen-bond acceptors (Lipinski definition) is 2. The van der Waals surface area contributed by atoms with Crippen LogP contribution in [0.4, 0.5) is 0 Å². The highest BCUT2D eigenvalue weighted by atomic mass is 15.1. The number of rotatable bonds is 6. The van der Waals surface area contributed by atoms with Crippen LogP contribution < -0.4 is 22.9 Å². The van der Waals surface area contributed by atoms with E-state index in [-0.39, 0.29) is 18.1 Å². The van der Waals surface area contributed by atoms with Crippen molar-refractivity contribution >= 4 is 11.9 Å². The first-order valence-corrected chi connectivity index (χ1v) is 4.73. The first-order valence-electron chi connectivity index (χ1n) is 4.73. The Morgan fingerprint density at radius 3 is 1.86 bits per heavy atom. The summed E-state index contributed by atoms with van der Waals surface area (Å²) in [5, 5.41) is 0. The van der Waals surface area contributed by atoms with Gasteiger partial charge in [0.2, 0.25) is 0 Å². The Balaban J connectivity index is 4.12. The lowest BCUT2D eigenvalue weighted by Gasteiger charge is -2.07. The van der Waals surface area contributed by atoms with Crippen molar-refractivity contribution in [3.05, 3.63) is 0 Å². The second-order valence-corrected chi connectivity index (χ2v) is 3.08. The molecular weight excluding hydrogens is 180 g/mol. The lowest BCUT2D eigenvalue weighted by atomic mass is 10.2. The zero-order chi connectivity index (χ0) is 11.0. The highest BCUT2D eigenvalue weighted by molar-refractivity contribution is 5.77. The Morgan fingerprint density at radius 2 is 1.50 bits per heavy atom. The van der Waals surface area contributed by atoms with Gasteiger partial charge in [0.05, 0.1) is 0 Å². The summed E-state index contributed by atoms with van der Waals surface area (Å²) in [5.41, 5.74) is 21.0. The van der Waals surface area contributed by atoms with Crippen molar-refractivity contribution in [2.45, 2.75) is 38.8 Å². The topological polar surface area (TPSA) is 129 Å². The number of guanidine groups is 2. The molecule has 0 aromatic carbocycles. The smallest absolute Gasteiger partial charge is 0.188 e. The van der Waals surface area contributed by atoms with Crippen LogP contribution in [-0.2, 0) is 0 Å². The number of hydrogen-bond donors (Lipinski definition) is 4. The molecule has 14 heavy (non-hydrogen) atoms. The third-order valence-corrected chi connectivity index (χ3v) is 1.66. The maximum absolute atomic E-state index is 5.25. The number of aliphatic imine (C=N–C) groups is 2. The monoisotopic (exact) mass is 200 g/mol. The fourth-order valence-corrected chi connectivity index (χ4v) is 1.08. The Labute approximate surface area is 84.4 Å². The van der Waals surface area contributed by atoms with Crippen LogP contribution in [0, 0.1) is 0 Å². The maximum atomic E-state index is 5.25. The van der Waals surface area contributed by atoms with Gasteiger partial charge in [0.15, 0.2) is 11.9 Å². The third kappa shape index (κ3) is 7.20. The quantitative estimate of drug-likeness (QED) is 0.260. The van der Waals surface area contributed by atoms with E-state index in [9.17, 15) is 0 Å². The minimum Gasteiger partial charge on any atom is -0.370 e. The van der Waals surface area contributed by atoms with Crippen molar-refractivity contribution in [2.75, 3.05) is 0 Å². The molecule has 0 unspecified atom stereocenters. The highest BCUT2D eigenvalue weighted by Gasteiger charge is 2.04. The van der Waals surface area contributed by atoms with Crippen LogP contribution >= 0.6 is 0 Å². The number of unbranched alkanes of at least 4 members (excludes halogenated alkanes) is 2. The number of nitrogens with two attached hydrogens (primary N) is 4. The third-order valence-electron chi connectivity index (χ3n) is 1.66. The van der Waals surface area contributed by atoms with E-state index >= 15 is 0 Å². The van der Waals surface area contributed by atoms with Gasteiger partial charge in [-0.2, -0.15) is 0 Å². The van der Waals surface area contributed by atoms with E-state index in [1.54, 1.807) is 0 Å². The summed E-state index contributed by atoms with van der Waals surface area (Å²) in [4.78, 5) is 7.83. The van der Waals surface area contributed by atoms with Crippen molar-refractivity contribution in [1.82, 2.24) is 0 Å². The van der Waals surface area contributed by atoms with Gasteiger partial charge in [0.25, 0.3) is 0 Å². The van der Waals surface area contributed by atoms with Crippen molar-refractivity contribution in [3.8, 4) is 0 Å². The van der Waals surface area contributed by atoms with Gasteiger partial charge in [-0.05, 0) is 12.8 Å². The van der Waals surface area contributed by atoms with Crippen LogP contribution in [0.3, 0.4) is 0 Å². The fourth-order valence-electron chi connectivity index (χ4n) is 1.08. The average molecular weight is 200 g/mol. The lowest BCUT2D eigenvalue weighted by molar-refractivity contribution is 0.577. The van der Waals surface area contributed by atoms with Crippen LogP contribution in [0.15, 0.2) is 9.98 Å². The van der Waals surface area contributed by atoms with Crippen LogP contribution in [-0.4, -0.2) is 18.1 Å². The first kappa shape index (κ1) is 12.5. The van der Waals surface area contributed by atoms with E-state index < -0.39 is 0 Å². The number of nitrogens with zero attached hydrogens (tertiary/aromatic N) is 2. The molecule has 0 aromatic rings. The van der Waals surface area contributed by atoms with Gasteiger partial charge in [0.1, 0.15) is 6.17 Å².